The number of alkyl halides is 3. The fraction of sp³-hybridized carbons (Fsp3) is 0.190. The van der Waals surface area contributed by atoms with Gasteiger partial charge in [0.15, 0.2) is 23.1 Å². The van der Waals surface area contributed by atoms with E-state index in [0.29, 0.717) is 0 Å². The SMILES string of the molecule is CC1=CCC(C(=O)c2ccccc2)=C([I+]c2ccccc2)C1.O=S(=O)([O-])C(F)(F)F. The number of carbonyl (C=O) groups excluding carboxylic acids is 1. The lowest BCUT2D eigenvalue weighted by atomic mass is 9.94. The summed E-state index contributed by atoms with van der Waals surface area (Å²) < 4.78 is 61.7. The molecule has 0 heterocycles. The van der Waals surface area contributed by atoms with Crippen LogP contribution in [0.3, 0.4) is 0 Å². The van der Waals surface area contributed by atoms with Gasteiger partial charge in [0.25, 0.3) is 0 Å². The minimum Gasteiger partial charge on any atom is -0.741 e. The van der Waals surface area contributed by atoms with Gasteiger partial charge in [0.05, 0.1) is 5.57 Å². The molecule has 1 aliphatic carbocycles. The van der Waals surface area contributed by atoms with Crippen LogP contribution in [0, 0.1) is 3.57 Å². The molecule has 0 fully saturated rings. The average Bonchev–Trinajstić information content (AvgIpc) is 2.68. The van der Waals surface area contributed by atoms with Crippen molar-refractivity contribution in [3.8, 4) is 0 Å². The maximum absolute atomic E-state index is 12.8. The predicted octanol–water partition coefficient (Wildman–Crippen LogP) is 1.87. The summed E-state index contributed by atoms with van der Waals surface area (Å²) in [5, 5.41) is 0. The lowest BCUT2D eigenvalue weighted by Gasteiger charge is -2.11. The van der Waals surface area contributed by atoms with Crippen molar-refractivity contribution in [2.75, 3.05) is 0 Å². The molecule has 0 bridgehead atoms. The summed E-state index contributed by atoms with van der Waals surface area (Å²) in [6.07, 6.45) is 3.94. The van der Waals surface area contributed by atoms with Crippen LogP contribution >= 0.6 is 0 Å². The number of Topliss-reactive ketones (excluding diaryl/α,β-unsaturated/α-hetero) is 1. The zero-order valence-corrected chi connectivity index (χ0v) is 18.8. The highest BCUT2D eigenvalue weighted by molar-refractivity contribution is 7.86. The zero-order valence-electron chi connectivity index (χ0n) is 15.8. The summed E-state index contributed by atoms with van der Waals surface area (Å²) in [7, 11) is -6.09. The first-order valence-electron chi connectivity index (χ1n) is 8.68. The summed E-state index contributed by atoms with van der Waals surface area (Å²) in [4.78, 5) is 12.8. The Balaban J connectivity index is 0.000000343. The monoisotopic (exact) mass is 550 g/mol. The van der Waals surface area contributed by atoms with Crippen molar-refractivity contribution < 1.29 is 52.1 Å². The maximum atomic E-state index is 12.8. The molecule has 2 aromatic rings. The molecule has 2 aromatic carbocycles. The molecular formula is C21H18F3IO4S. The average molecular weight is 550 g/mol. The Hall–Kier alpha value is -1.98. The van der Waals surface area contributed by atoms with Crippen molar-refractivity contribution in [1.82, 2.24) is 0 Å². The molecule has 0 N–H and O–H groups in total. The highest BCUT2D eigenvalue weighted by Crippen LogP contribution is 2.23. The molecule has 0 spiro atoms. The van der Waals surface area contributed by atoms with Gasteiger partial charge >= 0.3 is 26.7 Å². The van der Waals surface area contributed by atoms with E-state index in [1.165, 1.54) is 12.7 Å². The number of rotatable bonds is 4. The fourth-order valence-corrected chi connectivity index (χ4v) is 5.60. The molecule has 0 saturated heterocycles. The molecule has 0 atom stereocenters. The fourth-order valence-electron chi connectivity index (χ4n) is 2.49. The van der Waals surface area contributed by atoms with Gasteiger partial charge in [-0.15, -0.1) is 0 Å². The number of allylic oxidation sites excluding steroid dienone is 4. The molecule has 9 heteroatoms. The second kappa shape index (κ2) is 10.4. The molecule has 3 rings (SSSR count). The van der Waals surface area contributed by atoms with E-state index in [-0.39, 0.29) is 27.0 Å². The third kappa shape index (κ3) is 7.06. The molecule has 1 aliphatic rings. The van der Waals surface area contributed by atoms with Crippen molar-refractivity contribution in [2.45, 2.75) is 25.3 Å². The predicted molar refractivity (Wildman–Crippen MR) is 102 cm³/mol. The molecule has 0 unspecified atom stereocenters. The Morgan fingerprint density at radius 2 is 1.50 bits per heavy atom. The highest BCUT2D eigenvalue weighted by Gasteiger charge is 2.37. The number of carbonyl (C=O) groups is 1. The van der Waals surface area contributed by atoms with Crippen molar-refractivity contribution in [2.24, 2.45) is 0 Å². The number of ketones is 1. The van der Waals surface area contributed by atoms with Crippen LogP contribution in [-0.2, 0) is 10.1 Å². The van der Waals surface area contributed by atoms with Gasteiger partial charge in [-0.1, -0.05) is 60.2 Å². The van der Waals surface area contributed by atoms with Gasteiger partial charge < -0.3 is 4.55 Å². The van der Waals surface area contributed by atoms with Gasteiger partial charge in [0.2, 0.25) is 0 Å². The number of halogens is 4. The summed E-state index contributed by atoms with van der Waals surface area (Å²) in [5.41, 5.74) is -2.43. The van der Waals surface area contributed by atoms with Gasteiger partial charge in [-0.2, -0.15) is 13.2 Å². The van der Waals surface area contributed by atoms with E-state index >= 15 is 0 Å². The molecule has 0 aliphatic heterocycles. The van der Waals surface area contributed by atoms with Crippen LogP contribution in [0.5, 0.6) is 0 Å². The third-order valence-corrected chi connectivity index (χ3v) is 7.56. The van der Waals surface area contributed by atoms with Gasteiger partial charge in [-0.05, 0) is 25.5 Å². The first-order chi connectivity index (χ1) is 14.0. The van der Waals surface area contributed by atoms with Crippen LogP contribution in [-0.4, -0.2) is 24.3 Å². The summed E-state index contributed by atoms with van der Waals surface area (Å²) in [6, 6.07) is 20.2. The van der Waals surface area contributed by atoms with E-state index in [9.17, 15) is 18.0 Å². The Kier molecular flexibility index (Phi) is 8.39. The van der Waals surface area contributed by atoms with Crippen LogP contribution in [0.4, 0.5) is 13.2 Å². The lowest BCUT2D eigenvalue weighted by molar-refractivity contribution is -0.579. The molecular weight excluding hydrogens is 532 g/mol. The third-order valence-electron chi connectivity index (χ3n) is 3.97. The molecule has 0 aromatic heterocycles. The van der Waals surface area contributed by atoms with Crippen LogP contribution < -0.4 is 21.2 Å². The van der Waals surface area contributed by atoms with E-state index in [0.717, 1.165) is 24.0 Å². The van der Waals surface area contributed by atoms with Crippen LogP contribution in [0.15, 0.2) is 81.5 Å². The number of hydrogen-bond acceptors (Lipinski definition) is 4. The molecule has 0 radical (unpaired) electrons. The zero-order chi connectivity index (χ0) is 22.4. The molecule has 0 saturated carbocycles. The van der Waals surface area contributed by atoms with Crippen molar-refractivity contribution in [1.29, 1.82) is 0 Å². The standard InChI is InChI=1S/C20H18IO.CHF3O3S/c1-15-12-13-18(20(22)16-8-4-2-5-9-16)19(14-15)21-17-10-6-3-7-11-17;2-1(3,4)8(5,6)7/h2-12H,13-14H2,1H3;(H,5,6,7)/q+1;/p-1. The quantitative estimate of drug-likeness (QED) is 0.192. The Bertz CT molecular complexity index is 1040. The number of hydrogen-bond donors (Lipinski definition) is 0. The van der Waals surface area contributed by atoms with E-state index in [1.54, 1.807) is 0 Å². The summed E-state index contributed by atoms with van der Waals surface area (Å²) in [6.45, 7) is 2.17. The van der Waals surface area contributed by atoms with E-state index in [4.69, 9.17) is 13.0 Å². The highest BCUT2D eigenvalue weighted by atomic mass is 127. The second-order valence-corrected chi connectivity index (χ2v) is 10.8. The van der Waals surface area contributed by atoms with Gasteiger partial charge in [-0.25, -0.2) is 8.42 Å². The van der Waals surface area contributed by atoms with E-state index < -0.39 is 15.6 Å². The molecule has 4 nitrogen and oxygen atoms in total. The Labute approximate surface area is 183 Å². The molecule has 160 valence electrons. The maximum Gasteiger partial charge on any atom is 0.485 e. The molecule has 0 amide bonds. The minimum absolute atomic E-state index is 0.204. The smallest absolute Gasteiger partial charge is 0.485 e. The summed E-state index contributed by atoms with van der Waals surface area (Å²) >= 11 is -0.269. The van der Waals surface area contributed by atoms with Crippen molar-refractivity contribution in [3.05, 3.63) is 90.6 Å². The minimum atomic E-state index is -6.09. The van der Waals surface area contributed by atoms with Crippen LogP contribution in [0.2, 0.25) is 0 Å². The van der Waals surface area contributed by atoms with E-state index in [2.05, 4.69) is 37.3 Å². The largest absolute Gasteiger partial charge is 0.741 e. The van der Waals surface area contributed by atoms with Crippen molar-refractivity contribution in [3.63, 3.8) is 0 Å². The van der Waals surface area contributed by atoms with E-state index in [1.807, 2.05) is 36.4 Å². The second-order valence-electron chi connectivity index (χ2n) is 6.30. The first kappa shape index (κ1) is 24.3. The topological polar surface area (TPSA) is 74.3 Å². The summed E-state index contributed by atoms with van der Waals surface area (Å²) in [5.74, 6) is 0.204. The van der Waals surface area contributed by atoms with Crippen molar-refractivity contribution >= 4 is 15.9 Å². The van der Waals surface area contributed by atoms with Gasteiger partial charge in [0, 0.05) is 12.0 Å². The lowest BCUT2D eigenvalue weighted by Crippen LogP contribution is -3.61. The number of benzene rings is 2. The van der Waals surface area contributed by atoms with Gasteiger partial charge in [0.1, 0.15) is 0 Å². The first-order valence-corrected chi connectivity index (χ1v) is 12.2. The Morgan fingerprint density at radius 1 is 1.00 bits per heavy atom. The molecule has 30 heavy (non-hydrogen) atoms. The Morgan fingerprint density at radius 3 is 2.00 bits per heavy atom. The normalized spacial score (nSPS) is 14.5. The van der Waals surface area contributed by atoms with Crippen LogP contribution in [0.25, 0.3) is 0 Å². The van der Waals surface area contributed by atoms with Crippen LogP contribution in [0.1, 0.15) is 30.1 Å². The van der Waals surface area contributed by atoms with Gasteiger partial charge in [-0.3, -0.25) is 4.79 Å².